The summed E-state index contributed by atoms with van der Waals surface area (Å²) in [6.07, 6.45) is 2.46. The molecular formula is C10H19ClFNO2. The van der Waals surface area contributed by atoms with Crippen LogP contribution in [0.15, 0.2) is 0 Å². The summed E-state index contributed by atoms with van der Waals surface area (Å²) in [7, 11) is 0. The molecule has 1 aliphatic rings. The van der Waals surface area contributed by atoms with E-state index < -0.39 is 18.1 Å². The van der Waals surface area contributed by atoms with Crippen LogP contribution in [-0.4, -0.2) is 25.3 Å². The Morgan fingerprint density at radius 1 is 1.53 bits per heavy atom. The first kappa shape index (κ1) is 14.6. The molecule has 0 amide bonds. The maximum atomic E-state index is 12.9. The fourth-order valence-corrected chi connectivity index (χ4v) is 1.87. The van der Waals surface area contributed by atoms with Crippen molar-refractivity contribution in [3.63, 3.8) is 0 Å². The summed E-state index contributed by atoms with van der Waals surface area (Å²) in [5.41, 5.74) is 4.81. The Hall–Kier alpha value is -0.350. The summed E-state index contributed by atoms with van der Waals surface area (Å²) in [5, 5.41) is 0. The maximum Gasteiger partial charge on any atom is 0.314 e. The van der Waals surface area contributed by atoms with Crippen LogP contribution in [0.2, 0.25) is 0 Å². The molecule has 5 heteroatoms. The molecule has 0 saturated heterocycles. The standard InChI is InChI=1S/C10H18FNO2.ClH/c1-2-14-9(13)10(7-11)5-3-8(12)4-6-10;/h8H,2-7,12H2,1H3;1H. The van der Waals surface area contributed by atoms with Gasteiger partial charge in [0.15, 0.2) is 0 Å². The number of carbonyl (C=O) groups is 1. The molecular weight excluding hydrogens is 221 g/mol. The van der Waals surface area contributed by atoms with Gasteiger partial charge in [0.05, 0.1) is 12.0 Å². The summed E-state index contributed by atoms with van der Waals surface area (Å²) in [5.74, 6) is -0.394. The van der Waals surface area contributed by atoms with Crippen molar-refractivity contribution in [1.82, 2.24) is 0 Å². The molecule has 90 valence electrons. The lowest BCUT2D eigenvalue weighted by atomic mass is 9.73. The number of ether oxygens (including phenoxy) is 1. The van der Waals surface area contributed by atoms with Crippen molar-refractivity contribution in [1.29, 1.82) is 0 Å². The van der Waals surface area contributed by atoms with Crippen molar-refractivity contribution in [3.05, 3.63) is 0 Å². The van der Waals surface area contributed by atoms with E-state index in [9.17, 15) is 9.18 Å². The molecule has 0 bridgehead atoms. The molecule has 0 spiro atoms. The molecule has 15 heavy (non-hydrogen) atoms. The van der Waals surface area contributed by atoms with Gasteiger partial charge in [-0.25, -0.2) is 4.39 Å². The molecule has 0 atom stereocenters. The topological polar surface area (TPSA) is 52.3 Å². The lowest BCUT2D eigenvalue weighted by molar-refractivity contribution is -0.159. The third-order valence-corrected chi connectivity index (χ3v) is 2.95. The zero-order valence-electron chi connectivity index (χ0n) is 9.00. The van der Waals surface area contributed by atoms with Crippen molar-refractivity contribution in [2.75, 3.05) is 13.3 Å². The van der Waals surface area contributed by atoms with Crippen LogP contribution in [0.25, 0.3) is 0 Å². The minimum atomic E-state index is -0.897. The maximum absolute atomic E-state index is 12.9. The second-order valence-electron chi connectivity index (χ2n) is 3.97. The van der Waals surface area contributed by atoms with Gasteiger partial charge in [-0.15, -0.1) is 12.4 Å². The van der Waals surface area contributed by atoms with E-state index in [1.165, 1.54) is 0 Å². The van der Waals surface area contributed by atoms with E-state index in [2.05, 4.69) is 0 Å². The Morgan fingerprint density at radius 3 is 2.47 bits per heavy atom. The van der Waals surface area contributed by atoms with E-state index in [1.54, 1.807) is 6.92 Å². The predicted octanol–water partition coefficient (Wildman–Crippen LogP) is 1.83. The molecule has 1 aliphatic carbocycles. The molecule has 0 aromatic heterocycles. The molecule has 0 radical (unpaired) electrons. The van der Waals surface area contributed by atoms with Crippen LogP contribution < -0.4 is 5.73 Å². The summed E-state index contributed by atoms with van der Waals surface area (Å²) < 4.78 is 17.8. The molecule has 3 nitrogen and oxygen atoms in total. The highest BCUT2D eigenvalue weighted by Gasteiger charge is 2.42. The number of alkyl halides is 1. The summed E-state index contributed by atoms with van der Waals surface area (Å²) in [4.78, 5) is 11.6. The molecule has 0 aliphatic heterocycles. The van der Waals surface area contributed by atoms with Crippen molar-refractivity contribution >= 4 is 18.4 Å². The van der Waals surface area contributed by atoms with Crippen LogP contribution in [0.1, 0.15) is 32.6 Å². The molecule has 2 N–H and O–H groups in total. The Balaban J connectivity index is 0.00000196. The number of halogens is 2. The minimum Gasteiger partial charge on any atom is -0.465 e. The Labute approximate surface area is 96.0 Å². The van der Waals surface area contributed by atoms with E-state index in [1.807, 2.05) is 0 Å². The molecule has 0 heterocycles. The molecule has 1 saturated carbocycles. The average Bonchev–Trinajstić information content (AvgIpc) is 2.20. The Kier molecular flexibility index (Phi) is 6.13. The lowest BCUT2D eigenvalue weighted by Gasteiger charge is -2.34. The van der Waals surface area contributed by atoms with E-state index in [4.69, 9.17) is 10.5 Å². The molecule has 1 rings (SSSR count). The van der Waals surface area contributed by atoms with Crippen LogP contribution >= 0.6 is 12.4 Å². The fraction of sp³-hybridized carbons (Fsp3) is 0.900. The van der Waals surface area contributed by atoms with Gasteiger partial charge in [0.1, 0.15) is 6.67 Å². The highest BCUT2D eigenvalue weighted by Crippen LogP contribution is 2.37. The largest absolute Gasteiger partial charge is 0.465 e. The van der Waals surface area contributed by atoms with Crippen LogP contribution in [-0.2, 0) is 9.53 Å². The Morgan fingerprint density at radius 2 is 2.07 bits per heavy atom. The third kappa shape index (κ3) is 3.31. The van der Waals surface area contributed by atoms with Gasteiger partial charge < -0.3 is 10.5 Å². The van der Waals surface area contributed by atoms with Crippen LogP contribution in [0.3, 0.4) is 0 Å². The van der Waals surface area contributed by atoms with Gasteiger partial charge in [0.25, 0.3) is 0 Å². The van der Waals surface area contributed by atoms with Gasteiger partial charge >= 0.3 is 5.97 Å². The Bertz CT molecular complexity index is 206. The predicted molar refractivity (Wildman–Crippen MR) is 58.7 cm³/mol. The molecule has 0 aromatic rings. The van der Waals surface area contributed by atoms with Gasteiger partial charge in [-0.05, 0) is 32.6 Å². The number of rotatable bonds is 3. The van der Waals surface area contributed by atoms with Crippen LogP contribution in [0, 0.1) is 5.41 Å². The second-order valence-corrected chi connectivity index (χ2v) is 3.97. The third-order valence-electron chi connectivity index (χ3n) is 2.95. The van der Waals surface area contributed by atoms with Gasteiger partial charge in [0, 0.05) is 6.04 Å². The normalized spacial score (nSPS) is 30.5. The average molecular weight is 240 g/mol. The van der Waals surface area contributed by atoms with Crippen LogP contribution in [0.4, 0.5) is 4.39 Å². The van der Waals surface area contributed by atoms with Crippen molar-refractivity contribution < 1.29 is 13.9 Å². The van der Waals surface area contributed by atoms with Gasteiger partial charge in [0.2, 0.25) is 0 Å². The first-order valence-corrected chi connectivity index (χ1v) is 5.13. The van der Waals surface area contributed by atoms with Crippen molar-refractivity contribution in [3.8, 4) is 0 Å². The number of hydrogen-bond donors (Lipinski definition) is 1. The van der Waals surface area contributed by atoms with Crippen LogP contribution in [0.5, 0.6) is 0 Å². The summed E-state index contributed by atoms with van der Waals surface area (Å²) in [6, 6.07) is 0.115. The van der Waals surface area contributed by atoms with Crippen molar-refractivity contribution in [2.45, 2.75) is 38.6 Å². The molecule has 0 unspecified atom stereocenters. The van der Waals surface area contributed by atoms with E-state index in [-0.39, 0.29) is 18.4 Å². The fourth-order valence-electron chi connectivity index (χ4n) is 1.87. The van der Waals surface area contributed by atoms with E-state index >= 15 is 0 Å². The highest BCUT2D eigenvalue weighted by molar-refractivity contribution is 5.85. The molecule has 0 aromatic carbocycles. The van der Waals surface area contributed by atoms with Gasteiger partial charge in [-0.2, -0.15) is 0 Å². The summed E-state index contributed by atoms with van der Waals surface area (Å²) >= 11 is 0. The number of hydrogen-bond acceptors (Lipinski definition) is 3. The molecule has 1 fully saturated rings. The van der Waals surface area contributed by atoms with Gasteiger partial charge in [-0.3, -0.25) is 4.79 Å². The first-order valence-electron chi connectivity index (χ1n) is 5.13. The number of esters is 1. The SMILES string of the molecule is CCOC(=O)C1(CF)CCC(N)CC1.Cl. The zero-order chi connectivity index (χ0) is 10.6. The quantitative estimate of drug-likeness (QED) is 0.765. The van der Waals surface area contributed by atoms with E-state index in [0.29, 0.717) is 32.3 Å². The van der Waals surface area contributed by atoms with E-state index in [0.717, 1.165) is 0 Å². The zero-order valence-corrected chi connectivity index (χ0v) is 9.82. The van der Waals surface area contributed by atoms with Gasteiger partial charge in [-0.1, -0.05) is 0 Å². The minimum absolute atomic E-state index is 0. The number of carbonyl (C=O) groups excluding carboxylic acids is 1. The number of nitrogens with two attached hydrogens (primary N) is 1. The second kappa shape index (κ2) is 6.28. The summed E-state index contributed by atoms with van der Waals surface area (Å²) in [6.45, 7) is 1.42. The monoisotopic (exact) mass is 239 g/mol. The van der Waals surface area contributed by atoms with Crippen molar-refractivity contribution in [2.24, 2.45) is 11.1 Å². The first-order chi connectivity index (χ1) is 6.64. The highest BCUT2D eigenvalue weighted by atomic mass is 35.5. The smallest absolute Gasteiger partial charge is 0.314 e. The lowest BCUT2D eigenvalue weighted by Crippen LogP contribution is -2.42.